The van der Waals surface area contributed by atoms with E-state index >= 15 is 0 Å². The maximum Gasteiger partial charge on any atom is 0.166 e. The predicted octanol–water partition coefficient (Wildman–Crippen LogP) is 0.474. The van der Waals surface area contributed by atoms with Crippen molar-refractivity contribution in [2.24, 2.45) is 0 Å². The number of aliphatic hydroxyl groups is 2. The quantitative estimate of drug-likeness (QED) is 0.660. The number of aliphatic hydroxyl groups excluding tert-OH is 2. The fourth-order valence-corrected chi connectivity index (χ4v) is 1.05. The first-order valence-corrected chi connectivity index (χ1v) is 4.03. The van der Waals surface area contributed by atoms with Crippen molar-refractivity contribution in [2.45, 2.75) is 18.6 Å². The van der Waals surface area contributed by atoms with E-state index in [1.54, 1.807) is 6.07 Å². The summed E-state index contributed by atoms with van der Waals surface area (Å²) in [5, 5.41) is 26.6. The lowest BCUT2D eigenvalue weighted by atomic mass is 10.0. The van der Waals surface area contributed by atoms with E-state index in [9.17, 15) is 5.11 Å². The number of hydrogen-bond donors (Lipinski definition) is 2. The first-order valence-electron chi connectivity index (χ1n) is 4.03. The molecule has 1 aromatic rings. The zero-order valence-corrected chi connectivity index (χ0v) is 7.09. The minimum absolute atomic E-state index is 0.301. The molecule has 0 saturated carbocycles. The van der Waals surface area contributed by atoms with Crippen molar-refractivity contribution in [3.8, 4) is 6.07 Å². The van der Waals surface area contributed by atoms with Crippen LogP contribution in [0.15, 0.2) is 30.3 Å². The van der Waals surface area contributed by atoms with Crippen LogP contribution in [-0.4, -0.2) is 22.4 Å². The van der Waals surface area contributed by atoms with E-state index < -0.39 is 12.2 Å². The second kappa shape index (κ2) is 4.61. The second-order valence-corrected chi connectivity index (χ2v) is 2.83. The van der Waals surface area contributed by atoms with Gasteiger partial charge in [0, 0.05) is 6.42 Å². The van der Waals surface area contributed by atoms with Crippen molar-refractivity contribution in [3.63, 3.8) is 0 Å². The van der Waals surface area contributed by atoms with Crippen LogP contribution >= 0.6 is 0 Å². The molecular formula is C10H11NO2. The molecule has 0 unspecified atom stereocenters. The molecule has 2 atom stereocenters. The molecule has 0 radical (unpaired) electrons. The Morgan fingerprint density at radius 1 is 1.23 bits per heavy atom. The van der Waals surface area contributed by atoms with E-state index in [0.29, 0.717) is 6.42 Å². The van der Waals surface area contributed by atoms with Crippen LogP contribution in [0, 0.1) is 11.3 Å². The van der Waals surface area contributed by atoms with Gasteiger partial charge in [0.25, 0.3) is 0 Å². The Balaban J connectivity index is 2.56. The van der Waals surface area contributed by atoms with Gasteiger partial charge < -0.3 is 10.2 Å². The van der Waals surface area contributed by atoms with E-state index in [4.69, 9.17) is 10.4 Å². The largest absolute Gasteiger partial charge is 0.389 e. The lowest BCUT2D eigenvalue weighted by Crippen LogP contribution is -2.26. The van der Waals surface area contributed by atoms with Crippen molar-refractivity contribution < 1.29 is 10.2 Å². The zero-order chi connectivity index (χ0) is 9.68. The SMILES string of the molecule is N#C[C@H](O)[C@@H](O)Cc1ccccc1. The van der Waals surface area contributed by atoms with Gasteiger partial charge in [0.15, 0.2) is 6.10 Å². The van der Waals surface area contributed by atoms with Gasteiger partial charge in [-0.2, -0.15) is 5.26 Å². The standard InChI is InChI=1S/C10H11NO2/c11-7-10(13)9(12)6-8-4-2-1-3-5-8/h1-5,9-10,12-13H,6H2/t9-,10-/m0/s1. The summed E-state index contributed by atoms with van der Waals surface area (Å²) in [6.07, 6.45) is -2.01. The molecular weight excluding hydrogens is 166 g/mol. The molecule has 1 aromatic carbocycles. The van der Waals surface area contributed by atoms with E-state index in [-0.39, 0.29) is 0 Å². The van der Waals surface area contributed by atoms with Gasteiger partial charge in [0.05, 0.1) is 12.2 Å². The fourth-order valence-electron chi connectivity index (χ4n) is 1.05. The van der Waals surface area contributed by atoms with Gasteiger partial charge in [-0.25, -0.2) is 0 Å². The van der Waals surface area contributed by atoms with Gasteiger partial charge in [0.1, 0.15) is 0 Å². The van der Waals surface area contributed by atoms with Gasteiger partial charge in [-0.3, -0.25) is 0 Å². The molecule has 0 aliphatic heterocycles. The highest BCUT2D eigenvalue weighted by molar-refractivity contribution is 5.16. The molecule has 68 valence electrons. The molecule has 0 aliphatic rings. The molecule has 0 saturated heterocycles. The summed E-state index contributed by atoms with van der Waals surface area (Å²) in [4.78, 5) is 0. The lowest BCUT2D eigenvalue weighted by Gasteiger charge is -2.10. The highest BCUT2D eigenvalue weighted by atomic mass is 16.3. The third-order valence-electron chi connectivity index (χ3n) is 1.78. The molecule has 1 rings (SSSR count). The summed E-state index contributed by atoms with van der Waals surface area (Å²) in [5.41, 5.74) is 0.907. The minimum atomic E-state index is -1.31. The molecule has 2 N–H and O–H groups in total. The van der Waals surface area contributed by atoms with E-state index in [1.165, 1.54) is 0 Å². The molecule has 3 nitrogen and oxygen atoms in total. The normalized spacial score (nSPS) is 14.5. The maximum absolute atomic E-state index is 9.30. The number of nitrogens with zero attached hydrogens (tertiary/aromatic N) is 1. The Bertz CT molecular complexity index is 292. The molecule has 0 aromatic heterocycles. The van der Waals surface area contributed by atoms with Crippen LogP contribution in [0.25, 0.3) is 0 Å². The van der Waals surface area contributed by atoms with Crippen LogP contribution in [0.1, 0.15) is 5.56 Å². The average molecular weight is 177 g/mol. The number of hydrogen-bond acceptors (Lipinski definition) is 3. The van der Waals surface area contributed by atoms with E-state index in [1.807, 2.05) is 30.3 Å². The summed E-state index contributed by atoms with van der Waals surface area (Å²) in [6, 6.07) is 10.8. The third-order valence-corrected chi connectivity index (χ3v) is 1.78. The molecule has 3 heteroatoms. The highest BCUT2D eigenvalue weighted by Crippen LogP contribution is 2.05. The average Bonchev–Trinajstić information content (AvgIpc) is 2.18. The monoisotopic (exact) mass is 177 g/mol. The summed E-state index contributed by atoms with van der Waals surface area (Å²) in [7, 11) is 0. The van der Waals surface area contributed by atoms with Gasteiger partial charge in [-0.15, -0.1) is 0 Å². The predicted molar refractivity (Wildman–Crippen MR) is 47.8 cm³/mol. The van der Waals surface area contributed by atoms with Crippen molar-refractivity contribution in [1.82, 2.24) is 0 Å². The molecule has 0 aliphatic carbocycles. The Morgan fingerprint density at radius 2 is 1.85 bits per heavy atom. The summed E-state index contributed by atoms with van der Waals surface area (Å²) in [6.45, 7) is 0. The summed E-state index contributed by atoms with van der Waals surface area (Å²) < 4.78 is 0. The minimum Gasteiger partial charge on any atom is -0.389 e. The molecule has 0 fully saturated rings. The summed E-state index contributed by atoms with van der Waals surface area (Å²) in [5.74, 6) is 0. The van der Waals surface area contributed by atoms with E-state index in [0.717, 1.165) is 5.56 Å². The fraction of sp³-hybridized carbons (Fsp3) is 0.300. The van der Waals surface area contributed by atoms with Crippen molar-refractivity contribution in [2.75, 3.05) is 0 Å². The van der Waals surface area contributed by atoms with Gasteiger partial charge in [0.2, 0.25) is 0 Å². The van der Waals surface area contributed by atoms with E-state index in [2.05, 4.69) is 0 Å². The van der Waals surface area contributed by atoms with Gasteiger partial charge >= 0.3 is 0 Å². The van der Waals surface area contributed by atoms with Crippen LogP contribution < -0.4 is 0 Å². The van der Waals surface area contributed by atoms with Crippen LogP contribution in [-0.2, 0) is 6.42 Å². The van der Waals surface area contributed by atoms with Crippen LogP contribution in [0.3, 0.4) is 0 Å². The highest BCUT2D eigenvalue weighted by Gasteiger charge is 2.14. The van der Waals surface area contributed by atoms with Crippen molar-refractivity contribution >= 4 is 0 Å². The third kappa shape index (κ3) is 2.86. The maximum atomic E-state index is 9.30. The molecule has 13 heavy (non-hydrogen) atoms. The Hall–Kier alpha value is -1.37. The first kappa shape index (κ1) is 9.72. The van der Waals surface area contributed by atoms with Gasteiger partial charge in [-0.05, 0) is 5.56 Å². The topological polar surface area (TPSA) is 64.2 Å². The molecule has 0 heterocycles. The van der Waals surface area contributed by atoms with Crippen molar-refractivity contribution in [3.05, 3.63) is 35.9 Å². The first-order chi connectivity index (χ1) is 6.24. The summed E-state index contributed by atoms with van der Waals surface area (Å²) >= 11 is 0. The zero-order valence-electron chi connectivity index (χ0n) is 7.09. The Kier molecular flexibility index (Phi) is 3.44. The number of nitriles is 1. The van der Waals surface area contributed by atoms with Crippen LogP contribution in [0.2, 0.25) is 0 Å². The smallest absolute Gasteiger partial charge is 0.166 e. The molecule has 0 spiro atoms. The second-order valence-electron chi connectivity index (χ2n) is 2.83. The number of rotatable bonds is 3. The Morgan fingerprint density at radius 3 is 2.38 bits per heavy atom. The number of benzene rings is 1. The Labute approximate surface area is 76.9 Å². The molecule has 0 amide bonds. The molecule has 0 bridgehead atoms. The van der Waals surface area contributed by atoms with Crippen LogP contribution in [0.5, 0.6) is 0 Å². The van der Waals surface area contributed by atoms with Crippen molar-refractivity contribution in [1.29, 1.82) is 5.26 Å². The van der Waals surface area contributed by atoms with Gasteiger partial charge in [-0.1, -0.05) is 30.3 Å². The lowest BCUT2D eigenvalue weighted by molar-refractivity contribution is 0.0537. The van der Waals surface area contributed by atoms with Crippen LogP contribution in [0.4, 0.5) is 0 Å².